The van der Waals surface area contributed by atoms with Crippen LogP contribution >= 0.6 is 12.6 Å². The van der Waals surface area contributed by atoms with Crippen molar-refractivity contribution in [1.29, 1.82) is 0 Å². The Morgan fingerprint density at radius 3 is 1.31 bits per heavy atom. The van der Waals surface area contributed by atoms with Crippen LogP contribution in [0.15, 0.2) is 63.2 Å². The van der Waals surface area contributed by atoms with Crippen LogP contribution in [0, 0.1) is 0 Å². The van der Waals surface area contributed by atoms with Crippen molar-refractivity contribution in [3.8, 4) is 0 Å². The zero-order valence-electron chi connectivity index (χ0n) is 18.1. The topological polar surface area (TPSA) is 101 Å². The Morgan fingerprint density at radius 1 is 0.594 bits per heavy atom. The Bertz CT molecular complexity index is 985. The molecule has 2 N–H and O–H groups in total. The van der Waals surface area contributed by atoms with Crippen LogP contribution in [0.1, 0.15) is 38.5 Å². The van der Waals surface area contributed by atoms with Crippen LogP contribution in [0.5, 0.6) is 0 Å². The number of thiol groups is 1. The van der Waals surface area contributed by atoms with Crippen LogP contribution in [-0.4, -0.2) is 51.6 Å². The summed E-state index contributed by atoms with van der Waals surface area (Å²) in [5.74, 6) is 0. The molecule has 2 aliphatic rings. The summed E-state index contributed by atoms with van der Waals surface area (Å²) in [6.07, 6.45) is 6.07. The van der Waals surface area contributed by atoms with E-state index in [-0.39, 0.29) is 0 Å². The highest BCUT2D eigenvalue weighted by atomic mass is 32.2. The molecule has 2 aliphatic heterocycles. The Morgan fingerprint density at radius 2 is 0.938 bits per heavy atom. The van der Waals surface area contributed by atoms with Gasteiger partial charge in [-0.25, -0.2) is 16.8 Å². The number of hydrogen-bond acceptors (Lipinski definition) is 6. The van der Waals surface area contributed by atoms with E-state index in [0.717, 1.165) is 43.4 Å². The minimum Gasteiger partial charge on any atom is -0.399 e. The predicted molar refractivity (Wildman–Crippen MR) is 130 cm³/mol. The SMILES string of the molecule is Nc1ccc(S(=O)(=O)N2CCCCC2)cc1.O=S(=O)(c1ccc(S)cc1)N1CCCCC1. The zero-order chi connectivity index (χ0) is 23.2. The first-order valence-electron chi connectivity index (χ1n) is 10.9. The van der Waals surface area contributed by atoms with Crippen molar-refractivity contribution < 1.29 is 16.8 Å². The number of hydrogen-bond donors (Lipinski definition) is 2. The largest absolute Gasteiger partial charge is 0.399 e. The predicted octanol–water partition coefficient (Wildman–Crippen LogP) is 3.59. The van der Waals surface area contributed by atoms with Gasteiger partial charge in [0.2, 0.25) is 20.0 Å². The van der Waals surface area contributed by atoms with Gasteiger partial charge in [0.25, 0.3) is 0 Å². The van der Waals surface area contributed by atoms with Crippen molar-refractivity contribution in [2.75, 3.05) is 31.9 Å². The van der Waals surface area contributed by atoms with Gasteiger partial charge in [-0.3, -0.25) is 0 Å². The molecule has 0 spiro atoms. The smallest absolute Gasteiger partial charge is 0.243 e. The Labute approximate surface area is 197 Å². The standard InChI is InChI=1S/C11H16N2O2S.C11H15NO2S2/c12-10-4-6-11(7-5-10)16(14,15)13-8-2-1-3-9-13;13-16(14,12-8-2-1-3-9-12)11-6-4-10(15)5-7-11/h4-7H,1-3,8-9,12H2;4-7,15H,1-3,8-9H2. The molecule has 2 heterocycles. The fourth-order valence-corrected chi connectivity index (χ4v) is 6.95. The molecular weight excluding hydrogens is 466 g/mol. The van der Waals surface area contributed by atoms with Crippen molar-refractivity contribution in [3.63, 3.8) is 0 Å². The first-order valence-corrected chi connectivity index (χ1v) is 14.2. The van der Waals surface area contributed by atoms with Gasteiger partial charge in [0, 0.05) is 36.8 Å². The van der Waals surface area contributed by atoms with E-state index in [0.29, 0.717) is 41.7 Å². The fraction of sp³-hybridized carbons (Fsp3) is 0.455. The third-order valence-corrected chi connectivity index (χ3v) is 9.75. The monoisotopic (exact) mass is 497 g/mol. The van der Waals surface area contributed by atoms with Crippen molar-refractivity contribution in [2.24, 2.45) is 0 Å². The lowest BCUT2D eigenvalue weighted by molar-refractivity contribution is 0.346. The summed E-state index contributed by atoms with van der Waals surface area (Å²) in [6, 6.07) is 13.0. The second-order valence-electron chi connectivity index (χ2n) is 7.99. The van der Waals surface area contributed by atoms with E-state index in [1.165, 1.54) is 0 Å². The molecule has 0 bridgehead atoms. The Kier molecular flexibility index (Phi) is 8.62. The summed E-state index contributed by atoms with van der Waals surface area (Å²) in [4.78, 5) is 1.48. The number of rotatable bonds is 4. The van der Waals surface area contributed by atoms with Crippen LogP contribution in [-0.2, 0) is 20.0 Å². The van der Waals surface area contributed by atoms with Crippen LogP contribution in [0.25, 0.3) is 0 Å². The van der Waals surface area contributed by atoms with Gasteiger partial charge >= 0.3 is 0 Å². The van der Waals surface area contributed by atoms with Gasteiger partial charge in [-0.1, -0.05) is 12.8 Å². The molecule has 32 heavy (non-hydrogen) atoms. The molecule has 0 aliphatic carbocycles. The third kappa shape index (κ3) is 6.26. The minimum atomic E-state index is -3.30. The molecule has 4 rings (SSSR count). The molecular formula is C22H31N3O4S3. The van der Waals surface area contributed by atoms with E-state index in [9.17, 15) is 16.8 Å². The highest BCUT2D eigenvalue weighted by Crippen LogP contribution is 2.22. The molecule has 2 aromatic carbocycles. The van der Waals surface area contributed by atoms with Gasteiger partial charge in [-0.2, -0.15) is 8.61 Å². The van der Waals surface area contributed by atoms with E-state index < -0.39 is 20.0 Å². The molecule has 0 atom stereocenters. The molecule has 0 unspecified atom stereocenters. The number of nitrogens with zero attached hydrogens (tertiary/aromatic N) is 2. The number of nitrogens with two attached hydrogens (primary N) is 1. The summed E-state index contributed by atoms with van der Waals surface area (Å²) < 4.78 is 51.9. The number of anilines is 1. The summed E-state index contributed by atoms with van der Waals surface area (Å²) in [5, 5.41) is 0. The van der Waals surface area contributed by atoms with Crippen molar-refractivity contribution >= 4 is 38.4 Å². The summed E-state index contributed by atoms with van der Waals surface area (Å²) >= 11 is 4.15. The van der Waals surface area contributed by atoms with Crippen LogP contribution in [0.3, 0.4) is 0 Å². The Balaban J connectivity index is 0.000000181. The van der Waals surface area contributed by atoms with E-state index in [1.54, 1.807) is 57.1 Å². The maximum atomic E-state index is 12.2. The molecule has 0 saturated carbocycles. The molecule has 0 amide bonds. The summed E-state index contributed by atoms with van der Waals surface area (Å²) in [5.41, 5.74) is 6.12. The normalized spacial score (nSPS) is 18.5. The van der Waals surface area contributed by atoms with Crippen molar-refractivity contribution in [1.82, 2.24) is 8.61 Å². The van der Waals surface area contributed by atoms with Gasteiger partial charge in [0.05, 0.1) is 9.79 Å². The van der Waals surface area contributed by atoms with Gasteiger partial charge in [-0.05, 0) is 74.2 Å². The number of nitrogen functional groups attached to an aromatic ring is 1. The first-order chi connectivity index (χ1) is 15.2. The molecule has 0 aromatic heterocycles. The number of benzene rings is 2. The number of sulfonamides is 2. The zero-order valence-corrected chi connectivity index (χ0v) is 20.6. The summed E-state index contributed by atoms with van der Waals surface area (Å²) in [7, 11) is -6.58. The Hall–Kier alpha value is -1.59. The second kappa shape index (κ2) is 11.0. The van der Waals surface area contributed by atoms with Gasteiger partial charge < -0.3 is 5.73 Å². The first kappa shape index (κ1) is 25.0. The van der Waals surface area contributed by atoms with Crippen molar-refractivity contribution in [2.45, 2.75) is 53.2 Å². The fourth-order valence-electron chi connectivity index (χ4n) is 3.77. The lowest BCUT2D eigenvalue weighted by atomic mass is 10.2. The van der Waals surface area contributed by atoms with Crippen LogP contribution in [0.4, 0.5) is 5.69 Å². The lowest BCUT2D eigenvalue weighted by Crippen LogP contribution is -2.35. The van der Waals surface area contributed by atoms with Crippen LogP contribution < -0.4 is 5.73 Å². The lowest BCUT2D eigenvalue weighted by Gasteiger charge is -2.25. The molecule has 2 fully saturated rings. The second-order valence-corrected chi connectivity index (χ2v) is 12.4. The molecule has 7 nitrogen and oxygen atoms in total. The van der Waals surface area contributed by atoms with Gasteiger partial charge in [-0.15, -0.1) is 12.6 Å². The molecule has 2 saturated heterocycles. The van der Waals surface area contributed by atoms with Gasteiger partial charge in [0.1, 0.15) is 0 Å². The van der Waals surface area contributed by atoms with E-state index in [1.807, 2.05) is 0 Å². The van der Waals surface area contributed by atoms with Gasteiger partial charge in [0.15, 0.2) is 0 Å². The van der Waals surface area contributed by atoms with Crippen LogP contribution in [0.2, 0.25) is 0 Å². The quantitative estimate of drug-likeness (QED) is 0.497. The third-order valence-electron chi connectivity index (χ3n) is 5.62. The van der Waals surface area contributed by atoms with E-state index in [4.69, 9.17) is 5.73 Å². The van der Waals surface area contributed by atoms with E-state index >= 15 is 0 Å². The highest BCUT2D eigenvalue weighted by molar-refractivity contribution is 7.89. The molecule has 2 aromatic rings. The van der Waals surface area contributed by atoms with E-state index in [2.05, 4.69) is 12.6 Å². The maximum absolute atomic E-state index is 12.2. The molecule has 176 valence electrons. The highest BCUT2D eigenvalue weighted by Gasteiger charge is 2.26. The molecule has 0 radical (unpaired) electrons. The molecule has 10 heteroatoms. The maximum Gasteiger partial charge on any atom is 0.243 e. The minimum absolute atomic E-state index is 0.337. The van der Waals surface area contributed by atoms with Crippen molar-refractivity contribution in [3.05, 3.63) is 48.5 Å². The average molecular weight is 498 g/mol. The number of piperidine rings is 2. The summed E-state index contributed by atoms with van der Waals surface area (Å²) in [6.45, 7) is 2.55. The average Bonchev–Trinajstić information content (AvgIpc) is 2.81.